The predicted octanol–water partition coefficient (Wildman–Crippen LogP) is 4.14. The summed E-state index contributed by atoms with van der Waals surface area (Å²) in [7, 11) is 1.88. The van der Waals surface area contributed by atoms with E-state index in [-0.39, 0.29) is 6.04 Å². The highest BCUT2D eigenvalue weighted by molar-refractivity contribution is 7.07. The van der Waals surface area contributed by atoms with Gasteiger partial charge in [0.15, 0.2) is 0 Å². The first-order valence-corrected chi connectivity index (χ1v) is 7.28. The van der Waals surface area contributed by atoms with E-state index < -0.39 is 11.7 Å². The Kier molecular flexibility index (Phi) is 4.83. The molecule has 1 unspecified atom stereocenters. The van der Waals surface area contributed by atoms with Gasteiger partial charge in [0.05, 0.1) is 5.56 Å². The lowest BCUT2D eigenvalue weighted by Gasteiger charge is -2.16. The molecule has 1 nitrogen and oxygen atoms in total. The van der Waals surface area contributed by atoms with Crippen molar-refractivity contribution < 1.29 is 13.2 Å². The summed E-state index contributed by atoms with van der Waals surface area (Å²) < 4.78 is 37.5. The average Bonchev–Trinajstić information content (AvgIpc) is 2.90. The molecule has 0 spiro atoms. The number of benzene rings is 1. The van der Waals surface area contributed by atoms with Gasteiger partial charge < -0.3 is 5.32 Å². The molecule has 1 N–H and O–H groups in total. The van der Waals surface area contributed by atoms with E-state index >= 15 is 0 Å². The molecule has 0 amide bonds. The van der Waals surface area contributed by atoms with Crippen LogP contribution in [0.15, 0.2) is 41.1 Å². The van der Waals surface area contributed by atoms with Crippen molar-refractivity contribution in [3.8, 4) is 0 Å². The van der Waals surface area contributed by atoms with Gasteiger partial charge in [-0.1, -0.05) is 12.1 Å². The zero-order valence-electron chi connectivity index (χ0n) is 11.1. The third kappa shape index (κ3) is 4.08. The standard InChI is InChI=1S/C15H16F3NS/c1-19-14(9-12-6-7-20-10-12)8-11-2-4-13(5-3-11)15(16,17)18/h2-7,10,14,19H,8-9H2,1H3. The Balaban J connectivity index is 2.01. The van der Waals surface area contributed by atoms with Crippen LogP contribution < -0.4 is 5.32 Å². The van der Waals surface area contributed by atoms with Crippen LogP contribution in [0.25, 0.3) is 0 Å². The van der Waals surface area contributed by atoms with Crippen LogP contribution in [-0.2, 0) is 19.0 Å². The van der Waals surface area contributed by atoms with Gasteiger partial charge >= 0.3 is 6.18 Å². The van der Waals surface area contributed by atoms with Crippen molar-refractivity contribution in [2.45, 2.75) is 25.1 Å². The molecule has 108 valence electrons. The first-order chi connectivity index (χ1) is 9.49. The second-order valence-electron chi connectivity index (χ2n) is 4.72. The Morgan fingerprint density at radius 2 is 1.70 bits per heavy atom. The lowest BCUT2D eigenvalue weighted by atomic mass is 10.00. The van der Waals surface area contributed by atoms with Crippen LogP contribution in [0, 0.1) is 0 Å². The van der Waals surface area contributed by atoms with Crippen LogP contribution in [-0.4, -0.2) is 13.1 Å². The molecule has 20 heavy (non-hydrogen) atoms. The lowest BCUT2D eigenvalue weighted by Crippen LogP contribution is -2.29. The first kappa shape index (κ1) is 15.1. The minimum atomic E-state index is -4.27. The molecule has 0 saturated carbocycles. The zero-order chi connectivity index (χ0) is 14.6. The summed E-state index contributed by atoms with van der Waals surface area (Å²) in [4.78, 5) is 0. The number of rotatable bonds is 5. The SMILES string of the molecule is CNC(Cc1ccc(C(F)(F)F)cc1)Cc1ccsc1. The fraction of sp³-hybridized carbons (Fsp3) is 0.333. The van der Waals surface area contributed by atoms with E-state index in [4.69, 9.17) is 0 Å². The lowest BCUT2D eigenvalue weighted by molar-refractivity contribution is -0.137. The fourth-order valence-corrected chi connectivity index (χ4v) is 2.77. The van der Waals surface area contributed by atoms with E-state index in [9.17, 15) is 13.2 Å². The number of halogens is 3. The highest BCUT2D eigenvalue weighted by Gasteiger charge is 2.29. The minimum Gasteiger partial charge on any atom is -0.316 e. The van der Waals surface area contributed by atoms with E-state index in [1.807, 2.05) is 12.4 Å². The van der Waals surface area contributed by atoms with Crippen LogP contribution in [0.2, 0.25) is 0 Å². The summed E-state index contributed by atoms with van der Waals surface area (Å²) in [6.07, 6.45) is -2.68. The number of alkyl halides is 3. The molecular weight excluding hydrogens is 283 g/mol. The van der Waals surface area contributed by atoms with Gasteiger partial charge in [0, 0.05) is 6.04 Å². The summed E-state index contributed by atoms with van der Waals surface area (Å²) in [6.45, 7) is 0. The number of hydrogen-bond acceptors (Lipinski definition) is 2. The van der Waals surface area contributed by atoms with Crippen molar-refractivity contribution in [2.24, 2.45) is 0 Å². The van der Waals surface area contributed by atoms with Crippen LogP contribution in [0.3, 0.4) is 0 Å². The van der Waals surface area contributed by atoms with Crippen LogP contribution in [0.4, 0.5) is 13.2 Å². The molecule has 0 fully saturated rings. The molecule has 1 atom stereocenters. The highest BCUT2D eigenvalue weighted by atomic mass is 32.1. The summed E-state index contributed by atoms with van der Waals surface area (Å²) in [6, 6.07) is 7.70. The Hall–Kier alpha value is -1.33. The Morgan fingerprint density at radius 1 is 1.05 bits per heavy atom. The van der Waals surface area contributed by atoms with Gasteiger partial charge in [0.2, 0.25) is 0 Å². The summed E-state index contributed by atoms with van der Waals surface area (Å²) in [5.41, 5.74) is 1.56. The third-order valence-corrected chi connectivity index (χ3v) is 3.97. The Morgan fingerprint density at radius 3 is 2.20 bits per heavy atom. The largest absolute Gasteiger partial charge is 0.416 e. The molecule has 0 saturated heterocycles. The van der Waals surface area contributed by atoms with Gasteiger partial charge in [-0.2, -0.15) is 24.5 Å². The molecule has 5 heteroatoms. The van der Waals surface area contributed by atoms with E-state index in [0.717, 1.165) is 24.1 Å². The van der Waals surface area contributed by atoms with E-state index in [2.05, 4.69) is 16.8 Å². The molecule has 0 aliphatic rings. The van der Waals surface area contributed by atoms with Crippen LogP contribution in [0.5, 0.6) is 0 Å². The summed E-state index contributed by atoms with van der Waals surface area (Å²) >= 11 is 1.65. The molecule has 0 radical (unpaired) electrons. The van der Waals surface area contributed by atoms with Crippen molar-refractivity contribution >= 4 is 11.3 Å². The summed E-state index contributed by atoms with van der Waals surface area (Å²) in [5.74, 6) is 0. The Labute approximate surface area is 120 Å². The second-order valence-corrected chi connectivity index (χ2v) is 5.50. The number of likely N-dealkylation sites (N-methyl/N-ethyl adjacent to an activating group) is 1. The molecule has 0 aliphatic carbocycles. The summed E-state index contributed by atoms with van der Waals surface area (Å²) in [5, 5.41) is 7.34. The van der Waals surface area contributed by atoms with E-state index in [0.29, 0.717) is 6.42 Å². The van der Waals surface area contributed by atoms with Crippen molar-refractivity contribution in [2.75, 3.05) is 7.05 Å². The normalized spacial score (nSPS) is 13.4. The average molecular weight is 299 g/mol. The van der Waals surface area contributed by atoms with Crippen LogP contribution >= 0.6 is 11.3 Å². The van der Waals surface area contributed by atoms with Gasteiger partial charge in [-0.3, -0.25) is 0 Å². The molecule has 1 aromatic carbocycles. The van der Waals surface area contributed by atoms with Gasteiger partial charge in [0.1, 0.15) is 0 Å². The van der Waals surface area contributed by atoms with E-state index in [1.165, 1.54) is 5.56 Å². The molecule has 2 aromatic rings. The van der Waals surface area contributed by atoms with Crippen LogP contribution in [0.1, 0.15) is 16.7 Å². The maximum atomic E-state index is 12.5. The van der Waals surface area contributed by atoms with Crippen molar-refractivity contribution in [1.29, 1.82) is 0 Å². The van der Waals surface area contributed by atoms with Gasteiger partial charge in [0.25, 0.3) is 0 Å². The van der Waals surface area contributed by atoms with E-state index in [1.54, 1.807) is 23.5 Å². The van der Waals surface area contributed by atoms with Gasteiger partial charge in [-0.25, -0.2) is 0 Å². The Bertz CT molecular complexity index is 517. The third-order valence-electron chi connectivity index (χ3n) is 3.23. The molecular formula is C15H16F3NS. The molecule has 1 aromatic heterocycles. The first-order valence-electron chi connectivity index (χ1n) is 6.33. The predicted molar refractivity (Wildman–Crippen MR) is 76.0 cm³/mol. The molecule has 0 bridgehead atoms. The van der Waals surface area contributed by atoms with Gasteiger partial charge in [-0.05, 0) is 60.0 Å². The fourth-order valence-electron chi connectivity index (χ4n) is 2.08. The maximum Gasteiger partial charge on any atom is 0.416 e. The maximum absolute atomic E-state index is 12.5. The number of hydrogen-bond donors (Lipinski definition) is 1. The van der Waals surface area contributed by atoms with Crippen molar-refractivity contribution in [1.82, 2.24) is 5.32 Å². The van der Waals surface area contributed by atoms with Crippen molar-refractivity contribution in [3.63, 3.8) is 0 Å². The topological polar surface area (TPSA) is 12.0 Å². The highest BCUT2D eigenvalue weighted by Crippen LogP contribution is 2.29. The molecule has 1 heterocycles. The molecule has 0 aliphatic heterocycles. The number of thiophene rings is 1. The van der Waals surface area contributed by atoms with Gasteiger partial charge in [-0.15, -0.1) is 0 Å². The molecule has 2 rings (SSSR count). The number of nitrogens with one attached hydrogen (secondary N) is 1. The smallest absolute Gasteiger partial charge is 0.316 e. The minimum absolute atomic E-state index is 0.223. The second kappa shape index (κ2) is 6.41. The monoisotopic (exact) mass is 299 g/mol. The quantitative estimate of drug-likeness (QED) is 0.875. The zero-order valence-corrected chi connectivity index (χ0v) is 11.9. The van der Waals surface area contributed by atoms with Crippen molar-refractivity contribution in [3.05, 3.63) is 57.8 Å².